The molecule has 0 aliphatic carbocycles. The van der Waals surface area contributed by atoms with E-state index in [-0.39, 0.29) is 12.1 Å². The third-order valence-corrected chi connectivity index (χ3v) is 4.52. The predicted octanol–water partition coefficient (Wildman–Crippen LogP) is 4.72. The number of nitrogens with two attached hydrogens (primary N) is 1. The van der Waals surface area contributed by atoms with E-state index in [4.69, 9.17) is 18.0 Å². The van der Waals surface area contributed by atoms with Gasteiger partial charge in [-0.05, 0) is 42.4 Å². The van der Waals surface area contributed by atoms with Crippen LogP contribution in [-0.4, -0.2) is 5.11 Å². The quantitative estimate of drug-likeness (QED) is 0.576. The number of hydrogen-bond acceptors (Lipinski definition) is 2. The van der Waals surface area contributed by atoms with E-state index >= 15 is 0 Å². The SMILES string of the molecule is Cc1ccc(NC(=S)N[C@@H](c2ccccc2)[C@@H](N)c2ccccc2)cc1. The summed E-state index contributed by atoms with van der Waals surface area (Å²) in [5.41, 5.74) is 10.9. The van der Waals surface area contributed by atoms with E-state index < -0.39 is 0 Å². The van der Waals surface area contributed by atoms with Gasteiger partial charge in [0, 0.05) is 5.69 Å². The van der Waals surface area contributed by atoms with Crippen LogP contribution in [0.1, 0.15) is 28.8 Å². The molecular formula is C22H23N3S. The summed E-state index contributed by atoms with van der Waals surface area (Å²) >= 11 is 5.54. The van der Waals surface area contributed by atoms with Gasteiger partial charge in [0.1, 0.15) is 0 Å². The van der Waals surface area contributed by atoms with Crippen molar-refractivity contribution in [2.24, 2.45) is 5.73 Å². The van der Waals surface area contributed by atoms with Crippen molar-refractivity contribution in [2.75, 3.05) is 5.32 Å². The first-order valence-corrected chi connectivity index (χ1v) is 9.04. The molecule has 0 aliphatic heterocycles. The zero-order valence-corrected chi connectivity index (χ0v) is 15.5. The van der Waals surface area contributed by atoms with Crippen LogP contribution in [0.25, 0.3) is 0 Å². The van der Waals surface area contributed by atoms with Crippen molar-refractivity contribution in [3.63, 3.8) is 0 Å². The molecule has 132 valence electrons. The van der Waals surface area contributed by atoms with E-state index in [2.05, 4.69) is 41.8 Å². The van der Waals surface area contributed by atoms with Gasteiger partial charge in [-0.1, -0.05) is 78.4 Å². The van der Waals surface area contributed by atoms with E-state index in [0.29, 0.717) is 5.11 Å². The standard InChI is InChI=1S/C22H23N3S/c1-16-12-14-19(15-13-16)24-22(26)25-21(18-10-6-3-7-11-18)20(23)17-8-4-2-5-9-17/h2-15,20-21H,23H2,1H3,(H2,24,25,26)/t20-,21-/m0/s1. The molecule has 0 bridgehead atoms. The first-order chi connectivity index (χ1) is 12.6. The van der Waals surface area contributed by atoms with Gasteiger partial charge < -0.3 is 16.4 Å². The highest BCUT2D eigenvalue weighted by Gasteiger charge is 2.22. The Morgan fingerprint density at radius 1 is 0.808 bits per heavy atom. The Bertz CT molecular complexity index is 832. The molecule has 0 unspecified atom stereocenters. The average Bonchev–Trinajstić information content (AvgIpc) is 2.69. The summed E-state index contributed by atoms with van der Waals surface area (Å²) in [5.74, 6) is 0. The Morgan fingerprint density at radius 3 is 1.92 bits per heavy atom. The maximum absolute atomic E-state index is 6.58. The van der Waals surface area contributed by atoms with E-state index in [0.717, 1.165) is 16.8 Å². The molecule has 3 nitrogen and oxygen atoms in total. The fraction of sp³-hybridized carbons (Fsp3) is 0.136. The summed E-state index contributed by atoms with van der Waals surface area (Å²) in [6.07, 6.45) is 0. The smallest absolute Gasteiger partial charge is 0.171 e. The molecule has 0 aromatic heterocycles. The zero-order chi connectivity index (χ0) is 18.4. The summed E-state index contributed by atoms with van der Waals surface area (Å²) in [7, 11) is 0. The van der Waals surface area contributed by atoms with Gasteiger partial charge in [-0.2, -0.15) is 0 Å². The Hall–Kier alpha value is -2.69. The Labute approximate surface area is 160 Å². The van der Waals surface area contributed by atoms with Gasteiger partial charge in [0.15, 0.2) is 5.11 Å². The van der Waals surface area contributed by atoms with E-state index in [1.807, 2.05) is 60.7 Å². The predicted molar refractivity (Wildman–Crippen MR) is 113 cm³/mol. The van der Waals surface area contributed by atoms with Crippen LogP contribution < -0.4 is 16.4 Å². The molecule has 0 aliphatic rings. The van der Waals surface area contributed by atoms with Crippen LogP contribution in [0.4, 0.5) is 5.69 Å². The molecule has 4 heteroatoms. The number of thiocarbonyl (C=S) groups is 1. The lowest BCUT2D eigenvalue weighted by atomic mass is 9.94. The van der Waals surface area contributed by atoms with Crippen LogP contribution in [0.2, 0.25) is 0 Å². The van der Waals surface area contributed by atoms with Gasteiger partial charge in [-0.15, -0.1) is 0 Å². The summed E-state index contributed by atoms with van der Waals surface area (Å²) in [6.45, 7) is 2.06. The fourth-order valence-corrected chi connectivity index (χ4v) is 3.10. The molecule has 3 aromatic rings. The minimum atomic E-state index is -0.226. The van der Waals surface area contributed by atoms with Crippen LogP contribution in [0.3, 0.4) is 0 Å². The summed E-state index contributed by atoms with van der Waals surface area (Å²) in [6, 6.07) is 28.0. The molecule has 0 heterocycles. The molecule has 26 heavy (non-hydrogen) atoms. The Balaban J connectivity index is 1.79. The third kappa shape index (κ3) is 4.69. The first kappa shape index (κ1) is 18.1. The van der Waals surface area contributed by atoms with Crippen molar-refractivity contribution >= 4 is 23.0 Å². The van der Waals surface area contributed by atoms with E-state index in [9.17, 15) is 0 Å². The highest BCUT2D eigenvalue weighted by atomic mass is 32.1. The van der Waals surface area contributed by atoms with Gasteiger partial charge in [0.2, 0.25) is 0 Å². The van der Waals surface area contributed by atoms with Crippen molar-refractivity contribution in [3.05, 3.63) is 102 Å². The minimum absolute atomic E-state index is 0.135. The fourth-order valence-electron chi connectivity index (χ4n) is 2.85. The Kier molecular flexibility index (Phi) is 6.00. The van der Waals surface area contributed by atoms with Crippen molar-refractivity contribution in [1.82, 2.24) is 5.32 Å². The first-order valence-electron chi connectivity index (χ1n) is 8.63. The summed E-state index contributed by atoms with van der Waals surface area (Å²) in [4.78, 5) is 0. The van der Waals surface area contributed by atoms with Crippen molar-refractivity contribution < 1.29 is 0 Å². The molecule has 3 aromatic carbocycles. The molecule has 0 saturated carbocycles. The zero-order valence-electron chi connectivity index (χ0n) is 14.7. The third-order valence-electron chi connectivity index (χ3n) is 4.30. The molecule has 0 spiro atoms. The van der Waals surface area contributed by atoms with Crippen LogP contribution >= 0.6 is 12.2 Å². The van der Waals surface area contributed by atoms with Crippen molar-refractivity contribution in [2.45, 2.75) is 19.0 Å². The maximum atomic E-state index is 6.58. The topological polar surface area (TPSA) is 50.1 Å². The average molecular weight is 362 g/mol. The van der Waals surface area contributed by atoms with Gasteiger partial charge >= 0.3 is 0 Å². The van der Waals surface area contributed by atoms with E-state index in [1.54, 1.807) is 0 Å². The number of rotatable bonds is 5. The lowest BCUT2D eigenvalue weighted by Gasteiger charge is -2.27. The minimum Gasteiger partial charge on any atom is -0.354 e. The second kappa shape index (κ2) is 8.61. The Morgan fingerprint density at radius 2 is 1.35 bits per heavy atom. The largest absolute Gasteiger partial charge is 0.354 e. The molecule has 0 fully saturated rings. The van der Waals surface area contributed by atoms with Gasteiger partial charge in [-0.25, -0.2) is 0 Å². The maximum Gasteiger partial charge on any atom is 0.171 e. The van der Waals surface area contributed by atoms with Crippen LogP contribution in [0.5, 0.6) is 0 Å². The number of aryl methyl sites for hydroxylation is 1. The van der Waals surface area contributed by atoms with Gasteiger partial charge in [0.25, 0.3) is 0 Å². The lowest BCUT2D eigenvalue weighted by molar-refractivity contribution is 0.527. The monoisotopic (exact) mass is 361 g/mol. The van der Waals surface area contributed by atoms with Crippen LogP contribution in [0.15, 0.2) is 84.9 Å². The highest BCUT2D eigenvalue weighted by molar-refractivity contribution is 7.80. The highest BCUT2D eigenvalue weighted by Crippen LogP contribution is 2.27. The number of hydrogen-bond donors (Lipinski definition) is 3. The second-order valence-electron chi connectivity index (χ2n) is 6.29. The van der Waals surface area contributed by atoms with E-state index in [1.165, 1.54) is 5.56 Å². The molecule has 0 saturated heterocycles. The molecule has 0 amide bonds. The van der Waals surface area contributed by atoms with Crippen molar-refractivity contribution in [3.8, 4) is 0 Å². The number of benzene rings is 3. The normalized spacial score (nSPS) is 12.8. The van der Waals surface area contributed by atoms with Crippen LogP contribution in [0, 0.1) is 6.92 Å². The number of anilines is 1. The molecule has 2 atom stereocenters. The van der Waals surface area contributed by atoms with Crippen LogP contribution in [-0.2, 0) is 0 Å². The van der Waals surface area contributed by atoms with Crippen molar-refractivity contribution in [1.29, 1.82) is 0 Å². The lowest BCUT2D eigenvalue weighted by Crippen LogP contribution is -2.38. The van der Waals surface area contributed by atoms with Gasteiger partial charge in [0.05, 0.1) is 12.1 Å². The summed E-state index contributed by atoms with van der Waals surface area (Å²) < 4.78 is 0. The summed E-state index contributed by atoms with van der Waals surface area (Å²) in [5, 5.41) is 7.18. The molecule has 3 rings (SSSR count). The number of nitrogens with one attached hydrogen (secondary N) is 2. The molecular weight excluding hydrogens is 338 g/mol. The molecule has 0 radical (unpaired) electrons. The van der Waals surface area contributed by atoms with Gasteiger partial charge in [-0.3, -0.25) is 0 Å². The second-order valence-corrected chi connectivity index (χ2v) is 6.70. The molecule has 4 N–H and O–H groups in total.